The first kappa shape index (κ1) is 28.5. The normalized spacial score (nSPS) is 15.7. The summed E-state index contributed by atoms with van der Waals surface area (Å²) < 4.78 is 0. The molecule has 1 heterocycles. The van der Waals surface area contributed by atoms with Crippen molar-refractivity contribution < 1.29 is 14.4 Å². The summed E-state index contributed by atoms with van der Waals surface area (Å²) in [4.78, 5) is 45.9. The van der Waals surface area contributed by atoms with E-state index in [1.807, 2.05) is 72.8 Å². The van der Waals surface area contributed by atoms with Gasteiger partial charge < -0.3 is 20.9 Å². The lowest BCUT2D eigenvalue weighted by Gasteiger charge is -2.23. The molecule has 1 aliphatic rings. The van der Waals surface area contributed by atoms with Crippen LogP contribution in [-0.2, 0) is 9.59 Å². The van der Waals surface area contributed by atoms with Gasteiger partial charge in [0.25, 0.3) is 5.91 Å². The van der Waals surface area contributed by atoms with E-state index in [1.54, 1.807) is 14.0 Å². The molecule has 1 unspecified atom stereocenters. The number of anilines is 2. The summed E-state index contributed by atoms with van der Waals surface area (Å²) in [5.41, 5.74) is 5.71. The van der Waals surface area contributed by atoms with Crippen LogP contribution in [0.15, 0.2) is 77.8 Å². The Morgan fingerprint density at radius 1 is 0.825 bits per heavy atom. The molecule has 8 nitrogen and oxygen atoms in total. The van der Waals surface area contributed by atoms with E-state index in [4.69, 9.17) is 4.99 Å². The zero-order chi connectivity index (χ0) is 29.0. The number of urea groups is 1. The zero-order valence-electron chi connectivity index (χ0n) is 23.9. The minimum absolute atomic E-state index is 0.203. The van der Waals surface area contributed by atoms with Crippen LogP contribution in [0.1, 0.15) is 68.7 Å². The molecule has 8 heteroatoms. The number of benzodiazepines with no additional fused rings is 1. The van der Waals surface area contributed by atoms with Crippen LogP contribution in [0, 0.1) is 0 Å². The number of hydrogen-bond acceptors (Lipinski definition) is 4. The van der Waals surface area contributed by atoms with Gasteiger partial charge in [-0.25, -0.2) is 9.79 Å². The van der Waals surface area contributed by atoms with Gasteiger partial charge in [0.05, 0.1) is 11.4 Å². The molecule has 0 saturated heterocycles. The number of hydrogen-bond donors (Lipinski definition) is 3. The highest BCUT2D eigenvalue weighted by molar-refractivity contribution is 6.20. The van der Waals surface area contributed by atoms with Gasteiger partial charge in [0.1, 0.15) is 6.04 Å². The van der Waals surface area contributed by atoms with Gasteiger partial charge in [0, 0.05) is 23.9 Å². The van der Waals surface area contributed by atoms with Crippen LogP contribution in [0.25, 0.3) is 0 Å². The summed E-state index contributed by atoms with van der Waals surface area (Å²) in [5.74, 6) is -0.497. The molecule has 3 N–H and O–H groups in total. The summed E-state index contributed by atoms with van der Waals surface area (Å²) in [7, 11) is 1.66. The van der Waals surface area contributed by atoms with Crippen LogP contribution < -0.4 is 20.9 Å². The molecule has 0 saturated carbocycles. The van der Waals surface area contributed by atoms with Crippen LogP contribution in [0.3, 0.4) is 0 Å². The number of carbonyl (C=O) groups excluding carboxylic acids is 3. The lowest BCUT2D eigenvalue weighted by atomic mass is 9.93. The van der Waals surface area contributed by atoms with Gasteiger partial charge >= 0.3 is 6.03 Å². The monoisotopic (exact) mass is 539 g/mol. The average Bonchev–Trinajstić information content (AvgIpc) is 3.04. The number of nitrogens with zero attached hydrogens (tertiary/aromatic N) is 2. The minimum atomic E-state index is -1.17. The first-order valence-electron chi connectivity index (χ1n) is 13.6. The second kappa shape index (κ2) is 12.2. The SMILES string of the molecule is CC(C)c1cccc(C(C)C)c1NC(=O)N[C@@H](C)C(=O)NC1N=C(c2ccccc2)c2ccccc2N(C)C1=O. The van der Waals surface area contributed by atoms with Crippen molar-refractivity contribution in [3.05, 3.63) is 95.1 Å². The number of nitrogens with one attached hydrogen (secondary N) is 3. The van der Waals surface area contributed by atoms with E-state index in [0.717, 1.165) is 27.9 Å². The number of rotatable bonds is 7. The van der Waals surface area contributed by atoms with Crippen LogP contribution in [0.4, 0.5) is 16.2 Å². The molecule has 1 aliphatic heterocycles. The number of likely N-dealkylation sites (N-methyl/N-ethyl adjacent to an activating group) is 1. The molecule has 3 aromatic carbocycles. The van der Waals surface area contributed by atoms with Crippen LogP contribution in [-0.4, -0.2) is 42.8 Å². The number of fused-ring (bicyclic) bond motifs is 1. The Morgan fingerprint density at radius 2 is 1.43 bits per heavy atom. The molecule has 40 heavy (non-hydrogen) atoms. The maximum atomic E-state index is 13.4. The Kier molecular flexibility index (Phi) is 8.67. The molecule has 0 aliphatic carbocycles. The molecule has 0 spiro atoms. The van der Waals surface area contributed by atoms with Crippen molar-refractivity contribution in [2.24, 2.45) is 4.99 Å². The maximum Gasteiger partial charge on any atom is 0.319 e. The third-order valence-corrected chi connectivity index (χ3v) is 7.02. The molecule has 208 valence electrons. The summed E-state index contributed by atoms with van der Waals surface area (Å²) in [6.07, 6.45) is -1.17. The Labute approximate surface area is 235 Å². The largest absolute Gasteiger partial charge is 0.326 e. The number of carbonyl (C=O) groups is 3. The summed E-state index contributed by atoms with van der Waals surface area (Å²) in [6.45, 7) is 9.86. The van der Waals surface area contributed by atoms with E-state index in [-0.39, 0.29) is 17.7 Å². The molecule has 0 aromatic heterocycles. The van der Waals surface area contributed by atoms with E-state index in [2.05, 4.69) is 43.6 Å². The predicted molar refractivity (Wildman–Crippen MR) is 160 cm³/mol. The van der Waals surface area contributed by atoms with Gasteiger partial charge in [-0.05, 0) is 36.0 Å². The molecule has 4 rings (SSSR count). The van der Waals surface area contributed by atoms with Crippen molar-refractivity contribution in [2.45, 2.75) is 58.7 Å². The molecule has 2 atom stereocenters. The zero-order valence-corrected chi connectivity index (χ0v) is 23.9. The Balaban J connectivity index is 1.54. The molecule has 0 fully saturated rings. The van der Waals surface area contributed by atoms with Crippen molar-refractivity contribution in [3.63, 3.8) is 0 Å². The van der Waals surface area contributed by atoms with Crippen LogP contribution in [0.5, 0.6) is 0 Å². The lowest BCUT2D eigenvalue weighted by Crippen LogP contribution is -2.52. The van der Waals surface area contributed by atoms with E-state index in [9.17, 15) is 14.4 Å². The van der Waals surface area contributed by atoms with E-state index in [1.165, 1.54) is 4.90 Å². The van der Waals surface area contributed by atoms with Crippen molar-refractivity contribution in [1.29, 1.82) is 0 Å². The van der Waals surface area contributed by atoms with Gasteiger partial charge in [-0.15, -0.1) is 0 Å². The van der Waals surface area contributed by atoms with Crippen LogP contribution in [0.2, 0.25) is 0 Å². The minimum Gasteiger partial charge on any atom is -0.326 e. The highest BCUT2D eigenvalue weighted by atomic mass is 16.2. The lowest BCUT2D eigenvalue weighted by molar-refractivity contribution is -0.128. The number of para-hydroxylation sites is 2. The highest BCUT2D eigenvalue weighted by Gasteiger charge is 2.32. The Hall–Kier alpha value is -4.46. The summed E-state index contributed by atoms with van der Waals surface area (Å²) in [6, 6.07) is 21.6. The fraction of sp³-hybridized carbons (Fsp3) is 0.312. The van der Waals surface area contributed by atoms with E-state index >= 15 is 0 Å². The first-order chi connectivity index (χ1) is 19.1. The number of benzene rings is 3. The van der Waals surface area contributed by atoms with Crippen LogP contribution >= 0.6 is 0 Å². The number of amides is 4. The van der Waals surface area contributed by atoms with Gasteiger partial charge in [-0.2, -0.15) is 0 Å². The molecule has 3 aromatic rings. The third kappa shape index (κ3) is 6.06. The molecule has 4 amide bonds. The Bertz CT molecular complexity index is 1410. The maximum absolute atomic E-state index is 13.4. The van der Waals surface area contributed by atoms with Gasteiger partial charge in [-0.3, -0.25) is 9.59 Å². The summed E-state index contributed by atoms with van der Waals surface area (Å²) in [5, 5.41) is 8.42. The van der Waals surface area contributed by atoms with E-state index < -0.39 is 24.1 Å². The first-order valence-corrected chi connectivity index (χ1v) is 13.6. The Morgan fingerprint density at radius 3 is 2.05 bits per heavy atom. The molecular weight excluding hydrogens is 502 g/mol. The van der Waals surface area contributed by atoms with Gasteiger partial charge in [0.15, 0.2) is 0 Å². The topological polar surface area (TPSA) is 103 Å². The average molecular weight is 540 g/mol. The van der Waals surface area contributed by atoms with E-state index in [0.29, 0.717) is 11.4 Å². The summed E-state index contributed by atoms with van der Waals surface area (Å²) >= 11 is 0. The predicted octanol–water partition coefficient (Wildman–Crippen LogP) is 5.40. The van der Waals surface area contributed by atoms with Crippen molar-refractivity contribution in [2.75, 3.05) is 17.3 Å². The second-order valence-corrected chi connectivity index (χ2v) is 10.6. The van der Waals surface area contributed by atoms with Crippen molar-refractivity contribution >= 4 is 34.9 Å². The standard InChI is InChI=1S/C32H37N5O3/c1-19(2)23-16-12-17-24(20(3)4)28(23)35-32(40)33-21(5)30(38)36-29-31(39)37(6)26-18-11-10-15-25(26)27(34-29)22-13-8-7-9-14-22/h7-21,29H,1-6H3,(H,36,38)(H2,33,35,40)/t21-,29?/m0/s1. The molecular formula is C32H37N5O3. The quantitative estimate of drug-likeness (QED) is 0.375. The fourth-order valence-electron chi connectivity index (χ4n) is 4.81. The van der Waals surface area contributed by atoms with Crippen molar-refractivity contribution in [1.82, 2.24) is 10.6 Å². The van der Waals surface area contributed by atoms with Gasteiger partial charge in [0.2, 0.25) is 12.1 Å². The fourth-order valence-corrected chi connectivity index (χ4v) is 4.81. The smallest absolute Gasteiger partial charge is 0.319 e. The van der Waals surface area contributed by atoms with Crippen molar-refractivity contribution in [3.8, 4) is 0 Å². The second-order valence-electron chi connectivity index (χ2n) is 10.6. The number of aliphatic imine (C=N–C) groups is 1. The third-order valence-electron chi connectivity index (χ3n) is 7.02. The molecule has 0 radical (unpaired) electrons. The molecule has 0 bridgehead atoms. The van der Waals surface area contributed by atoms with Gasteiger partial charge in [-0.1, -0.05) is 94.4 Å². The highest BCUT2D eigenvalue weighted by Crippen LogP contribution is 2.32.